The summed E-state index contributed by atoms with van der Waals surface area (Å²) in [5.74, 6) is -1.68. The number of allylic oxidation sites excluding steroid dienone is 1. The quantitative estimate of drug-likeness (QED) is 0.640. The van der Waals surface area contributed by atoms with Gasteiger partial charge in [0.05, 0.1) is 5.39 Å². The van der Waals surface area contributed by atoms with Crippen LogP contribution in [0, 0.1) is 5.82 Å². The van der Waals surface area contributed by atoms with Gasteiger partial charge in [-0.15, -0.1) is 0 Å². The predicted molar refractivity (Wildman–Crippen MR) is 110 cm³/mol. The van der Waals surface area contributed by atoms with Crippen molar-refractivity contribution in [2.45, 2.75) is 12.8 Å². The lowest BCUT2D eigenvalue weighted by Gasteiger charge is -2.07. The highest BCUT2D eigenvalue weighted by Crippen LogP contribution is 2.34. The summed E-state index contributed by atoms with van der Waals surface area (Å²) >= 11 is 0. The van der Waals surface area contributed by atoms with Crippen LogP contribution in [0.2, 0.25) is 0 Å². The van der Waals surface area contributed by atoms with Crippen molar-refractivity contribution in [3.63, 3.8) is 0 Å². The maximum Gasteiger partial charge on any atom is 0.328 e. The molecule has 30 heavy (non-hydrogen) atoms. The lowest BCUT2D eigenvalue weighted by Crippen LogP contribution is -2.11. The van der Waals surface area contributed by atoms with E-state index in [1.54, 1.807) is 24.3 Å². The van der Waals surface area contributed by atoms with Crippen molar-refractivity contribution < 1.29 is 23.5 Å². The SMILES string of the molecule is O=C(O)/C=C\C(=O)Nc1ccc2c(=O)c3c(oc2c1)C(=Cc1ccc(F)cc1)CC3. The van der Waals surface area contributed by atoms with Crippen LogP contribution in [0.4, 0.5) is 10.1 Å². The van der Waals surface area contributed by atoms with Gasteiger partial charge in [0.1, 0.15) is 17.2 Å². The summed E-state index contributed by atoms with van der Waals surface area (Å²) in [7, 11) is 0. The third kappa shape index (κ3) is 3.91. The van der Waals surface area contributed by atoms with Gasteiger partial charge in [0.2, 0.25) is 5.91 Å². The van der Waals surface area contributed by atoms with Gasteiger partial charge in [0.15, 0.2) is 5.43 Å². The van der Waals surface area contributed by atoms with Gasteiger partial charge >= 0.3 is 5.97 Å². The van der Waals surface area contributed by atoms with Crippen molar-refractivity contribution in [2.24, 2.45) is 0 Å². The number of carboxylic acid groups (broad SMARTS) is 1. The van der Waals surface area contributed by atoms with Crippen LogP contribution in [-0.4, -0.2) is 17.0 Å². The van der Waals surface area contributed by atoms with E-state index in [9.17, 15) is 18.8 Å². The number of amides is 1. The Hall–Kier alpha value is -4.00. The first-order chi connectivity index (χ1) is 14.4. The predicted octanol–water partition coefficient (Wildman–Crippen LogP) is 4.00. The van der Waals surface area contributed by atoms with Crippen molar-refractivity contribution in [3.05, 3.63) is 87.5 Å². The third-order valence-electron chi connectivity index (χ3n) is 4.78. The van der Waals surface area contributed by atoms with Gasteiger partial charge in [0, 0.05) is 29.5 Å². The van der Waals surface area contributed by atoms with Crippen LogP contribution in [0.25, 0.3) is 22.6 Å². The number of carbonyl (C=O) groups is 2. The number of anilines is 1. The number of benzene rings is 2. The van der Waals surface area contributed by atoms with Gasteiger partial charge in [-0.2, -0.15) is 0 Å². The average molecular weight is 405 g/mol. The Bertz CT molecular complexity index is 1290. The molecule has 4 rings (SSSR count). The fraction of sp³-hybridized carbons (Fsp3) is 0.0870. The molecule has 1 amide bonds. The summed E-state index contributed by atoms with van der Waals surface area (Å²) in [6, 6.07) is 10.7. The number of hydrogen-bond donors (Lipinski definition) is 2. The van der Waals surface area contributed by atoms with Gasteiger partial charge in [-0.05, 0) is 54.3 Å². The maximum absolute atomic E-state index is 13.1. The molecule has 1 aliphatic rings. The summed E-state index contributed by atoms with van der Waals surface area (Å²) in [6.07, 6.45) is 4.68. The molecule has 0 fully saturated rings. The molecule has 0 unspecified atom stereocenters. The summed E-state index contributed by atoms with van der Waals surface area (Å²) in [6.45, 7) is 0. The van der Waals surface area contributed by atoms with Gasteiger partial charge < -0.3 is 14.8 Å². The Balaban J connectivity index is 1.71. The molecular weight excluding hydrogens is 389 g/mol. The summed E-state index contributed by atoms with van der Waals surface area (Å²) in [5, 5.41) is 11.5. The van der Waals surface area contributed by atoms with Crippen molar-refractivity contribution in [3.8, 4) is 0 Å². The van der Waals surface area contributed by atoms with E-state index in [-0.39, 0.29) is 11.2 Å². The molecule has 150 valence electrons. The van der Waals surface area contributed by atoms with Gasteiger partial charge in [-0.25, -0.2) is 9.18 Å². The van der Waals surface area contributed by atoms with Crippen molar-refractivity contribution in [1.82, 2.24) is 0 Å². The number of carboxylic acids is 1. The second-order valence-electron chi connectivity index (χ2n) is 6.83. The fourth-order valence-corrected chi connectivity index (χ4v) is 3.40. The van der Waals surface area contributed by atoms with E-state index in [1.807, 2.05) is 6.08 Å². The highest BCUT2D eigenvalue weighted by Gasteiger charge is 2.24. The lowest BCUT2D eigenvalue weighted by atomic mass is 10.1. The van der Waals surface area contributed by atoms with Crippen LogP contribution in [0.1, 0.15) is 23.3 Å². The van der Waals surface area contributed by atoms with Crippen molar-refractivity contribution in [1.29, 1.82) is 0 Å². The number of hydrogen-bond acceptors (Lipinski definition) is 4. The maximum atomic E-state index is 13.1. The van der Waals surface area contributed by atoms with Crippen LogP contribution in [0.3, 0.4) is 0 Å². The Labute approximate surface area is 170 Å². The Morgan fingerprint density at radius 2 is 1.83 bits per heavy atom. The van der Waals surface area contributed by atoms with E-state index in [0.29, 0.717) is 40.8 Å². The zero-order valence-electron chi connectivity index (χ0n) is 15.6. The van der Waals surface area contributed by atoms with Crippen LogP contribution in [-0.2, 0) is 16.0 Å². The molecule has 0 saturated carbocycles. The van der Waals surface area contributed by atoms with Crippen LogP contribution in [0.5, 0.6) is 0 Å². The molecule has 0 aliphatic heterocycles. The molecule has 0 radical (unpaired) electrons. The Morgan fingerprint density at radius 1 is 1.07 bits per heavy atom. The first-order valence-corrected chi connectivity index (χ1v) is 9.19. The number of rotatable bonds is 4. The highest BCUT2D eigenvalue weighted by atomic mass is 19.1. The molecule has 7 heteroatoms. The molecular formula is C23H16FNO5. The van der Waals surface area contributed by atoms with E-state index in [2.05, 4.69) is 5.32 Å². The first kappa shape index (κ1) is 19.3. The zero-order valence-corrected chi connectivity index (χ0v) is 15.6. The van der Waals surface area contributed by atoms with E-state index in [0.717, 1.165) is 23.3 Å². The van der Waals surface area contributed by atoms with Crippen molar-refractivity contribution >= 4 is 40.2 Å². The highest BCUT2D eigenvalue weighted by molar-refractivity contribution is 6.03. The zero-order chi connectivity index (χ0) is 21.3. The van der Waals surface area contributed by atoms with Gasteiger partial charge in [-0.3, -0.25) is 9.59 Å². The Morgan fingerprint density at radius 3 is 2.57 bits per heavy atom. The topological polar surface area (TPSA) is 96.6 Å². The lowest BCUT2D eigenvalue weighted by molar-refractivity contribution is -0.131. The molecule has 2 aromatic carbocycles. The number of halogens is 1. The van der Waals surface area contributed by atoms with Crippen molar-refractivity contribution in [2.75, 3.05) is 5.32 Å². The molecule has 0 bridgehead atoms. The van der Waals surface area contributed by atoms with Crippen LogP contribution in [0.15, 0.2) is 63.8 Å². The minimum absolute atomic E-state index is 0.127. The largest absolute Gasteiger partial charge is 0.478 e. The second-order valence-corrected chi connectivity index (χ2v) is 6.83. The minimum Gasteiger partial charge on any atom is -0.478 e. The normalized spacial score (nSPS) is 14.4. The molecule has 0 spiro atoms. The smallest absolute Gasteiger partial charge is 0.328 e. The molecule has 2 N–H and O–H groups in total. The molecule has 1 aliphatic carbocycles. The van der Waals surface area contributed by atoms with Gasteiger partial charge in [-0.1, -0.05) is 12.1 Å². The average Bonchev–Trinajstić information content (AvgIpc) is 3.11. The summed E-state index contributed by atoms with van der Waals surface area (Å²) in [5.41, 5.74) is 2.79. The molecule has 1 heterocycles. The number of carbonyl (C=O) groups excluding carboxylic acids is 1. The van der Waals surface area contributed by atoms with E-state index in [4.69, 9.17) is 9.52 Å². The van der Waals surface area contributed by atoms with Crippen LogP contribution >= 0.6 is 0 Å². The molecule has 1 aromatic heterocycles. The number of aliphatic carboxylic acids is 1. The van der Waals surface area contributed by atoms with E-state index in [1.165, 1.54) is 18.2 Å². The van der Waals surface area contributed by atoms with Crippen LogP contribution < -0.4 is 10.7 Å². The minimum atomic E-state index is -1.23. The standard InChI is InChI=1S/C23H16FNO5/c24-15-4-1-13(2-5-15)11-14-3-7-18-22(29)17-8-6-16(12-19(17)30-23(14)18)25-20(26)9-10-21(27)28/h1-2,4-6,8-12H,3,7H2,(H,25,26)(H,27,28)/b10-9-,14-11?. The number of fused-ring (bicyclic) bond motifs is 2. The Kier molecular flexibility index (Phi) is 5.02. The van der Waals surface area contributed by atoms with E-state index < -0.39 is 11.9 Å². The molecule has 6 nitrogen and oxygen atoms in total. The van der Waals surface area contributed by atoms with E-state index >= 15 is 0 Å². The third-order valence-corrected chi connectivity index (χ3v) is 4.78. The fourth-order valence-electron chi connectivity index (χ4n) is 3.40. The monoisotopic (exact) mass is 405 g/mol. The summed E-state index contributed by atoms with van der Waals surface area (Å²) in [4.78, 5) is 35.2. The van der Waals surface area contributed by atoms with Gasteiger partial charge in [0.25, 0.3) is 0 Å². The second kappa shape index (κ2) is 7.79. The molecule has 0 saturated heterocycles. The first-order valence-electron chi connectivity index (χ1n) is 9.19. The summed E-state index contributed by atoms with van der Waals surface area (Å²) < 4.78 is 19.1. The number of nitrogens with one attached hydrogen (secondary N) is 1. The molecule has 0 atom stereocenters. The molecule has 3 aromatic rings.